The molecule has 1 N–H and O–H groups in total. The summed E-state index contributed by atoms with van der Waals surface area (Å²) in [5.74, 6) is -0.302. The highest BCUT2D eigenvalue weighted by molar-refractivity contribution is 6.31. The maximum absolute atomic E-state index is 12.9. The molecule has 0 saturated carbocycles. The highest BCUT2D eigenvalue weighted by atomic mass is 35.5. The smallest absolute Gasteiger partial charge is 0.124 e. The Balaban J connectivity index is 2.37. The number of aliphatic hydroxyl groups excluding tert-OH is 1. The van der Waals surface area contributed by atoms with E-state index < -0.39 is 0 Å². The van der Waals surface area contributed by atoms with Gasteiger partial charge in [-0.15, -0.1) is 0 Å². The highest BCUT2D eigenvalue weighted by Crippen LogP contribution is 2.18. The predicted octanol–water partition coefficient (Wildman–Crippen LogP) is 3.07. The molecule has 0 aromatic heterocycles. The van der Waals surface area contributed by atoms with Crippen LogP contribution in [0.2, 0.25) is 5.02 Å². The van der Waals surface area contributed by atoms with E-state index in [1.807, 2.05) is 7.05 Å². The van der Waals surface area contributed by atoms with Crippen LogP contribution in [-0.4, -0.2) is 30.2 Å². The number of hydrogen-bond donors (Lipinski definition) is 1. The van der Waals surface area contributed by atoms with E-state index in [0.29, 0.717) is 5.02 Å². The zero-order valence-electron chi connectivity index (χ0n) is 10.1. The number of hydrogen-bond acceptors (Lipinski definition) is 2. The molecule has 1 aromatic rings. The number of aliphatic hydroxyl groups is 1. The summed E-state index contributed by atoms with van der Waals surface area (Å²) in [6, 6.07) is 4.50. The summed E-state index contributed by atoms with van der Waals surface area (Å²) in [5, 5.41) is 9.14. The Morgan fingerprint density at radius 1 is 1.29 bits per heavy atom. The van der Waals surface area contributed by atoms with Crippen molar-refractivity contribution >= 4 is 11.6 Å². The standard InChI is InChI=1S/C13H19ClFNO/c1-16(7-3-2-4-8-17)10-11-5-6-12(15)9-13(11)14/h5-6,9,17H,2-4,7-8,10H2,1H3. The normalized spacial score (nSPS) is 11.1. The van der Waals surface area contributed by atoms with E-state index in [1.165, 1.54) is 12.1 Å². The third-order valence-electron chi connectivity index (χ3n) is 2.65. The second kappa shape index (κ2) is 7.64. The molecular formula is C13H19ClFNO. The van der Waals surface area contributed by atoms with Crippen LogP contribution in [0.3, 0.4) is 0 Å². The van der Waals surface area contributed by atoms with Gasteiger partial charge in [0.05, 0.1) is 0 Å². The minimum Gasteiger partial charge on any atom is -0.396 e. The number of rotatable bonds is 7. The molecule has 0 radical (unpaired) electrons. The van der Waals surface area contributed by atoms with Gasteiger partial charge in [0, 0.05) is 18.2 Å². The first-order valence-electron chi connectivity index (χ1n) is 5.87. The van der Waals surface area contributed by atoms with Crippen molar-refractivity contribution in [3.05, 3.63) is 34.6 Å². The van der Waals surface area contributed by atoms with Gasteiger partial charge < -0.3 is 10.0 Å². The van der Waals surface area contributed by atoms with Gasteiger partial charge in [0.1, 0.15) is 5.82 Å². The monoisotopic (exact) mass is 259 g/mol. The van der Waals surface area contributed by atoms with Crippen LogP contribution >= 0.6 is 11.6 Å². The van der Waals surface area contributed by atoms with Gasteiger partial charge >= 0.3 is 0 Å². The molecule has 4 heteroatoms. The molecule has 17 heavy (non-hydrogen) atoms. The van der Waals surface area contributed by atoms with Crippen molar-refractivity contribution in [1.29, 1.82) is 0 Å². The quantitative estimate of drug-likeness (QED) is 0.761. The molecular weight excluding hydrogens is 241 g/mol. The van der Waals surface area contributed by atoms with Crippen LogP contribution in [0.5, 0.6) is 0 Å². The largest absolute Gasteiger partial charge is 0.396 e. The Bertz CT molecular complexity index is 346. The van der Waals surface area contributed by atoms with Crippen molar-refractivity contribution in [2.24, 2.45) is 0 Å². The average molecular weight is 260 g/mol. The first kappa shape index (κ1) is 14.4. The van der Waals surface area contributed by atoms with Gasteiger partial charge in [0.2, 0.25) is 0 Å². The number of unbranched alkanes of at least 4 members (excludes halogenated alkanes) is 2. The Kier molecular flexibility index (Phi) is 6.48. The Hall–Kier alpha value is -0.640. The maximum atomic E-state index is 12.9. The molecule has 0 heterocycles. The molecule has 0 amide bonds. The second-order valence-corrected chi connectivity index (χ2v) is 4.66. The summed E-state index contributed by atoms with van der Waals surface area (Å²) in [4.78, 5) is 2.15. The van der Waals surface area contributed by atoms with E-state index in [4.69, 9.17) is 16.7 Å². The molecule has 0 fully saturated rings. The fraction of sp³-hybridized carbons (Fsp3) is 0.538. The number of nitrogens with zero attached hydrogens (tertiary/aromatic N) is 1. The summed E-state index contributed by atoms with van der Waals surface area (Å²) in [6.07, 6.45) is 2.93. The van der Waals surface area contributed by atoms with Gasteiger partial charge in [-0.25, -0.2) is 4.39 Å². The average Bonchev–Trinajstić information content (AvgIpc) is 2.28. The molecule has 0 unspecified atom stereocenters. The molecule has 1 rings (SSSR count). The molecule has 96 valence electrons. The lowest BCUT2D eigenvalue weighted by atomic mass is 10.2. The minimum absolute atomic E-state index is 0.257. The van der Waals surface area contributed by atoms with E-state index in [2.05, 4.69) is 4.90 Å². The van der Waals surface area contributed by atoms with Crippen LogP contribution in [0.15, 0.2) is 18.2 Å². The van der Waals surface area contributed by atoms with E-state index in [-0.39, 0.29) is 12.4 Å². The van der Waals surface area contributed by atoms with Crippen LogP contribution in [0.25, 0.3) is 0 Å². The third-order valence-corrected chi connectivity index (χ3v) is 3.01. The molecule has 0 atom stereocenters. The van der Waals surface area contributed by atoms with Crippen LogP contribution in [0, 0.1) is 5.82 Å². The third kappa shape index (κ3) is 5.48. The molecule has 0 aliphatic heterocycles. The number of benzene rings is 1. The van der Waals surface area contributed by atoms with E-state index in [0.717, 1.165) is 37.9 Å². The molecule has 1 aromatic carbocycles. The van der Waals surface area contributed by atoms with Crippen molar-refractivity contribution in [2.75, 3.05) is 20.2 Å². The van der Waals surface area contributed by atoms with Gasteiger partial charge in [-0.2, -0.15) is 0 Å². The zero-order chi connectivity index (χ0) is 12.7. The van der Waals surface area contributed by atoms with Crippen LogP contribution < -0.4 is 0 Å². The highest BCUT2D eigenvalue weighted by Gasteiger charge is 2.05. The van der Waals surface area contributed by atoms with Gasteiger partial charge in [0.15, 0.2) is 0 Å². The van der Waals surface area contributed by atoms with Gasteiger partial charge in [-0.3, -0.25) is 0 Å². The van der Waals surface area contributed by atoms with Gasteiger partial charge in [-0.1, -0.05) is 17.7 Å². The first-order chi connectivity index (χ1) is 8.13. The molecule has 0 spiro atoms. The fourth-order valence-electron chi connectivity index (χ4n) is 1.69. The van der Waals surface area contributed by atoms with Crippen LogP contribution in [0.1, 0.15) is 24.8 Å². The van der Waals surface area contributed by atoms with E-state index >= 15 is 0 Å². The van der Waals surface area contributed by atoms with E-state index in [9.17, 15) is 4.39 Å². The Labute approximate surface area is 107 Å². The lowest BCUT2D eigenvalue weighted by molar-refractivity contribution is 0.271. The zero-order valence-corrected chi connectivity index (χ0v) is 10.9. The minimum atomic E-state index is -0.302. The molecule has 2 nitrogen and oxygen atoms in total. The topological polar surface area (TPSA) is 23.5 Å². The summed E-state index contributed by atoms with van der Waals surface area (Å²) in [6.45, 7) is 1.93. The molecule has 0 aliphatic carbocycles. The fourth-order valence-corrected chi connectivity index (χ4v) is 1.92. The lowest BCUT2D eigenvalue weighted by Crippen LogP contribution is -2.19. The first-order valence-corrected chi connectivity index (χ1v) is 6.24. The van der Waals surface area contributed by atoms with E-state index in [1.54, 1.807) is 6.07 Å². The summed E-state index contributed by atoms with van der Waals surface area (Å²) >= 11 is 5.96. The van der Waals surface area contributed by atoms with Crippen molar-refractivity contribution in [2.45, 2.75) is 25.8 Å². The Morgan fingerprint density at radius 3 is 2.71 bits per heavy atom. The van der Waals surface area contributed by atoms with Gasteiger partial charge in [0.25, 0.3) is 0 Å². The summed E-state index contributed by atoms with van der Waals surface area (Å²) < 4.78 is 12.9. The van der Waals surface area contributed by atoms with Crippen LogP contribution in [0.4, 0.5) is 4.39 Å². The molecule has 0 aliphatic rings. The van der Waals surface area contributed by atoms with Crippen LogP contribution in [-0.2, 0) is 6.54 Å². The summed E-state index contributed by atoms with van der Waals surface area (Å²) in [5.41, 5.74) is 0.942. The summed E-state index contributed by atoms with van der Waals surface area (Å²) in [7, 11) is 2.01. The van der Waals surface area contributed by atoms with Crippen molar-refractivity contribution < 1.29 is 9.50 Å². The van der Waals surface area contributed by atoms with Crippen molar-refractivity contribution in [3.63, 3.8) is 0 Å². The maximum Gasteiger partial charge on any atom is 0.124 e. The SMILES string of the molecule is CN(CCCCCO)Cc1ccc(F)cc1Cl. The van der Waals surface area contributed by atoms with Crippen molar-refractivity contribution in [1.82, 2.24) is 4.90 Å². The number of halogens is 2. The second-order valence-electron chi connectivity index (χ2n) is 4.26. The molecule has 0 bridgehead atoms. The van der Waals surface area contributed by atoms with Gasteiger partial charge in [-0.05, 0) is 50.6 Å². The van der Waals surface area contributed by atoms with Crippen molar-refractivity contribution in [3.8, 4) is 0 Å². The Morgan fingerprint density at radius 2 is 2.06 bits per heavy atom. The predicted molar refractivity (Wildman–Crippen MR) is 68.7 cm³/mol. The molecule has 0 saturated heterocycles. The lowest BCUT2D eigenvalue weighted by Gasteiger charge is -2.17.